The van der Waals surface area contributed by atoms with Gasteiger partial charge in [-0.15, -0.1) is 0 Å². The number of hydrogen-bond donors (Lipinski definition) is 3. The molecule has 0 aliphatic rings. The zero-order chi connectivity index (χ0) is 24.5. The van der Waals surface area contributed by atoms with Crippen LogP contribution in [-0.2, 0) is 5.41 Å². The van der Waals surface area contributed by atoms with Gasteiger partial charge in [0.2, 0.25) is 0 Å². The van der Waals surface area contributed by atoms with Gasteiger partial charge in [0.15, 0.2) is 0 Å². The van der Waals surface area contributed by atoms with Crippen molar-refractivity contribution in [3.05, 3.63) is 124 Å². The second kappa shape index (κ2) is 9.26. The molecule has 0 aromatic heterocycles. The average Bonchev–Trinajstić information content (AvgIpc) is 2.84. The molecule has 4 aromatic rings. The lowest BCUT2D eigenvalue weighted by molar-refractivity contribution is 0.474. The Morgan fingerprint density at radius 3 is 1.35 bits per heavy atom. The third-order valence-corrected chi connectivity index (χ3v) is 7.12. The van der Waals surface area contributed by atoms with E-state index in [1.807, 2.05) is 36.4 Å². The molecule has 0 aliphatic carbocycles. The fourth-order valence-electron chi connectivity index (χ4n) is 4.66. The van der Waals surface area contributed by atoms with Gasteiger partial charge in [0, 0.05) is 17.3 Å². The fraction of sp³-hybridized carbons (Fsp3) is 0.226. The van der Waals surface area contributed by atoms with E-state index in [0.717, 1.165) is 16.7 Å². The van der Waals surface area contributed by atoms with Crippen LogP contribution in [0.5, 0.6) is 17.2 Å². The van der Waals surface area contributed by atoms with Crippen LogP contribution in [0.4, 0.5) is 0 Å². The van der Waals surface area contributed by atoms with E-state index in [1.165, 1.54) is 16.7 Å². The summed E-state index contributed by atoms with van der Waals surface area (Å²) in [5, 5.41) is 29.3. The Morgan fingerprint density at radius 2 is 0.882 bits per heavy atom. The summed E-state index contributed by atoms with van der Waals surface area (Å²) in [4.78, 5) is 0. The van der Waals surface area contributed by atoms with E-state index in [1.54, 1.807) is 36.4 Å². The number of hydrogen-bond acceptors (Lipinski definition) is 3. The average molecular weight is 453 g/mol. The standard InChI is InChI=1S/C31H32O3/c1-20(22-5-12-26(32)13-6-22)29-18-11-25(31(3,4)24-9-16-28(34)17-10-24)19-30(29)21(2)23-7-14-27(33)15-8-23/h5-21,32-34H,1-4H3. The summed E-state index contributed by atoms with van der Waals surface area (Å²) in [6, 6.07) is 29.0. The number of benzene rings is 4. The molecule has 0 saturated heterocycles. The second-order valence-electron chi connectivity index (χ2n) is 9.64. The minimum Gasteiger partial charge on any atom is -0.508 e. The molecule has 0 aliphatic heterocycles. The van der Waals surface area contributed by atoms with Crippen LogP contribution in [0.1, 0.15) is 72.9 Å². The highest BCUT2D eigenvalue weighted by atomic mass is 16.3. The lowest BCUT2D eigenvalue weighted by Gasteiger charge is -2.30. The van der Waals surface area contributed by atoms with Gasteiger partial charge in [-0.3, -0.25) is 0 Å². The predicted molar refractivity (Wildman–Crippen MR) is 138 cm³/mol. The first kappa shape index (κ1) is 23.4. The van der Waals surface area contributed by atoms with Gasteiger partial charge in [0.25, 0.3) is 0 Å². The van der Waals surface area contributed by atoms with Gasteiger partial charge in [-0.1, -0.05) is 82.3 Å². The van der Waals surface area contributed by atoms with Gasteiger partial charge in [-0.25, -0.2) is 0 Å². The van der Waals surface area contributed by atoms with Crippen LogP contribution in [0.2, 0.25) is 0 Å². The Bertz CT molecular complexity index is 1250. The summed E-state index contributed by atoms with van der Waals surface area (Å²) < 4.78 is 0. The third kappa shape index (κ3) is 4.65. The molecule has 174 valence electrons. The molecule has 4 aromatic carbocycles. The Morgan fingerprint density at radius 1 is 0.500 bits per heavy atom. The second-order valence-corrected chi connectivity index (χ2v) is 9.64. The van der Waals surface area contributed by atoms with Crippen LogP contribution < -0.4 is 0 Å². The minimum atomic E-state index is -0.253. The van der Waals surface area contributed by atoms with Gasteiger partial charge in [0.1, 0.15) is 17.2 Å². The highest BCUT2D eigenvalue weighted by Crippen LogP contribution is 2.39. The van der Waals surface area contributed by atoms with Crippen LogP contribution in [0.25, 0.3) is 0 Å². The summed E-state index contributed by atoms with van der Waals surface area (Å²) in [6.07, 6.45) is 0. The molecular formula is C31H32O3. The maximum Gasteiger partial charge on any atom is 0.115 e. The topological polar surface area (TPSA) is 60.7 Å². The Kier molecular flexibility index (Phi) is 6.39. The van der Waals surface area contributed by atoms with Crippen molar-refractivity contribution in [1.29, 1.82) is 0 Å². The SMILES string of the molecule is CC(c1ccc(O)cc1)c1ccc(C(C)(C)c2ccc(O)cc2)cc1C(C)c1ccc(O)cc1. The summed E-state index contributed by atoms with van der Waals surface area (Å²) in [7, 11) is 0. The summed E-state index contributed by atoms with van der Waals surface area (Å²) in [6.45, 7) is 8.80. The molecule has 3 N–H and O–H groups in total. The number of phenols is 3. The van der Waals surface area contributed by atoms with Crippen LogP contribution in [0.15, 0.2) is 91.0 Å². The van der Waals surface area contributed by atoms with E-state index in [9.17, 15) is 15.3 Å². The first-order valence-electron chi connectivity index (χ1n) is 11.7. The molecule has 0 amide bonds. The first-order valence-corrected chi connectivity index (χ1v) is 11.7. The molecule has 3 nitrogen and oxygen atoms in total. The molecule has 34 heavy (non-hydrogen) atoms. The van der Waals surface area contributed by atoms with E-state index in [-0.39, 0.29) is 34.5 Å². The minimum absolute atomic E-state index is 0.116. The zero-order valence-corrected chi connectivity index (χ0v) is 20.2. The quantitative estimate of drug-likeness (QED) is 0.285. The van der Waals surface area contributed by atoms with E-state index >= 15 is 0 Å². The van der Waals surface area contributed by atoms with Crippen molar-refractivity contribution in [1.82, 2.24) is 0 Å². The van der Waals surface area contributed by atoms with E-state index in [0.29, 0.717) is 0 Å². The number of aromatic hydroxyl groups is 3. The molecule has 2 unspecified atom stereocenters. The van der Waals surface area contributed by atoms with E-state index in [4.69, 9.17) is 0 Å². The summed E-state index contributed by atoms with van der Waals surface area (Å²) >= 11 is 0. The molecule has 0 saturated carbocycles. The van der Waals surface area contributed by atoms with Gasteiger partial charge in [-0.2, -0.15) is 0 Å². The smallest absolute Gasteiger partial charge is 0.115 e. The number of phenolic OH excluding ortho intramolecular Hbond substituents is 3. The van der Waals surface area contributed by atoms with Crippen molar-refractivity contribution in [2.75, 3.05) is 0 Å². The molecular weight excluding hydrogens is 420 g/mol. The van der Waals surface area contributed by atoms with Crippen LogP contribution >= 0.6 is 0 Å². The third-order valence-electron chi connectivity index (χ3n) is 7.12. The Labute approximate surface area is 202 Å². The molecule has 2 atom stereocenters. The van der Waals surface area contributed by atoms with Crippen molar-refractivity contribution in [3.63, 3.8) is 0 Å². The highest BCUT2D eigenvalue weighted by molar-refractivity contribution is 5.49. The zero-order valence-electron chi connectivity index (χ0n) is 20.2. The van der Waals surface area contributed by atoms with E-state index in [2.05, 4.69) is 45.9 Å². The molecule has 4 rings (SSSR count). The monoisotopic (exact) mass is 452 g/mol. The van der Waals surface area contributed by atoms with Gasteiger partial charge >= 0.3 is 0 Å². The molecule has 0 spiro atoms. The molecule has 0 heterocycles. The lowest BCUT2D eigenvalue weighted by atomic mass is 9.74. The molecule has 3 heteroatoms. The maximum absolute atomic E-state index is 9.78. The first-order chi connectivity index (χ1) is 16.2. The Balaban J connectivity index is 1.83. The van der Waals surface area contributed by atoms with Gasteiger partial charge < -0.3 is 15.3 Å². The van der Waals surface area contributed by atoms with Crippen molar-refractivity contribution in [3.8, 4) is 17.2 Å². The van der Waals surface area contributed by atoms with Crippen LogP contribution in [-0.4, -0.2) is 15.3 Å². The van der Waals surface area contributed by atoms with E-state index < -0.39 is 0 Å². The molecule has 0 radical (unpaired) electrons. The van der Waals surface area contributed by atoms with Crippen molar-refractivity contribution < 1.29 is 15.3 Å². The van der Waals surface area contributed by atoms with Crippen molar-refractivity contribution >= 4 is 0 Å². The molecule has 0 bridgehead atoms. The van der Waals surface area contributed by atoms with Crippen molar-refractivity contribution in [2.45, 2.75) is 44.9 Å². The number of rotatable bonds is 6. The van der Waals surface area contributed by atoms with Crippen molar-refractivity contribution in [2.24, 2.45) is 0 Å². The summed E-state index contributed by atoms with van der Waals surface area (Å²) in [5.41, 5.74) is 6.82. The molecule has 0 fully saturated rings. The van der Waals surface area contributed by atoms with Gasteiger partial charge in [-0.05, 0) is 69.8 Å². The van der Waals surface area contributed by atoms with Crippen LogP contribution in [0, 0.1) is 0 Å². The normalized spacial score (nSPS) is 13.4. The maximum atomic E-state index is 9.78. The Hall–Kier alpha value is -3.72. The lowest BCUT2D eigenvalue weighted by Crippen LogP contribution is -2.20. The van der Waals surface area contributed by atoms with Crippen LogP contribution in [0.3, 0.4) is 0 Å². The predicted octanol–water partition coefficient (Wildman–Crippen LogP) is 7.43. The summed E-state index contributed by atoms with van der Waals surface area (Å²) in [5.74, 6) is 1.04. The largest absolute Gasteiger partial charge is 0.508 e. The van der Waals surface area contributed by atoms with Gasteiger partial charge in [0.05, 0.1) is 0 Å². The fourth-order valence-corrected chi connectivity index (χ4v) is 4.66. The highest BCUT2D eigenvalue weighted by Gasteiger charge is 2.26.